The molecule has 0 aliphatic heterocycles. The van der Waals surface area contributed by atoms with Gasteiger partial charge in [0, 0.05) is 12.0 Å². The van der Waals surface area contributed by atoms with Crippen LogP contribution in [0.15, 0.2) is 18.2 Å². The molecule has 0 fully saturated rings. The number of carbonyl (C=O) groups is 2. The van der Waals surface area contributed by atoms with Crippen LogP contribution in [0, 0.1) is 5.82 Å². The van der Waals surface area contributed by atoms with Gasteiger partial charge in [0.15, 0.2) is 17.3 Å². The van der Waals surface area contributed by atoms with Gasteiger partial charge in [-0.15, -0.1) is 0 Å². The first kappa shape index (κ1) is 16.1. The summed E-state index contributed by atoms with van der Waals surface area (Å²) in [6.45, 7) is 2.37. The molecule has 0 aliphatic rings. The summed E-state index contributed by atoms with van der Waals surface area (Å²) in [6.07, 6.45) is 1.77. The van der Waals surface area contributed by atoms with E-state index in [1.165, 1.54) is 19.2 Å². The Bertz CT molecular complexity index is 471. The average molecular weight is 282 g/mol. The van der Waals surface area contributed by atoms with E-state index in [0.717, 1.165) is 18.9 Å². The molecule has 0 atom stereocenters. The van der Waals surface area contributed by atoms with Crippen molar-refractivity contribution in [2.24, 2.45) is 0 Å². The monoisotopic (exact) mass is 282 g/mol. The molecule has 5 heteroatoms. The van der Waals surface area contributed by atoms with Gasteiger partial charge in [-0.25, -0.2) is 4.39 Å². The second-order valence-electron chi connectivity index (χ2n) is 4.35. The van der Waals surface area contributed by atoms with Crippen LogP contribution in [0.5, 0.6) is 5.75 Å². The largest absolute Gasteiger partial charge is 0.494 e. The number of hydrogen-bond acceptors (Lipinski definition) is 4. The number of unbranched alkanes of at least 4 members (excludes halogenated alkanes) is 1. The van der Waals surface area contributed by atoms with E-state index in [0.29, 0.717) is 6.61 Å². The van der Waals surface area contributed by atoms with Crippen LogP contribution in [0.3, 0.4) is 0 Å². The molecule has 4 nitrogen and oxygen atoms in total. The van der Waals surface area contributed by atoms with Crippen molar-refractivity contribution in [2.45, 2.75) is 32.6 Å². The van der Waals surface area contributed by atoms with Crippen molar-refractivity contribution in [1.29, 1.82) is 0 Å². The standard InChI is InChI=1S/C15H19FO4/c1-3-4-9-20-15(18)8-6-13(17)11-5-7-14(19-2)12(16)10-11/h5,7,10H,3-4,6,8-9H2,1-2H3. The van der Waals surface area contributed by atoms with Gasteiger partial charge in [-0.1, -0.05) is 13.3 Å². The number of carbonyl (C=O) groups excluding carboxylic acids is 2. The first-order valence-electron chi connectivity index (χ1n) is 6.60. The zero-order valence-corrected chi connectivity index (χ0v) is 11.8. The van der Waals surface area contributed by atoms with Gasteiger partial charge < -0.3 is 9.47 Å². The number of esters is 1. The first-order valence-corrected chi connectivity index (χ1v) is 6.60. The van der Waals surface area contributed by atoms with Crippen molar-refractivity contribution in [2.75, 3.05) is 13.7 Å². The molecule has 0 amide bonds. The van der Waals surface area contributed by atoms with E-state index >= 15 is 0 Å². The molecular formula is C15H19FO4. The van der Waals surface area contributed by atoms with Crippen molar-refractivity contribution in [3.63, 3.8) is 0 Å². The second-order valence-corrected chi connectivity index (χ2v) is 4.35. The highest BCUT2D eigenvalue weighted by Crippen LogP contribution is 2.18. The minimum absolute atomic E-state index is 0.0101. The molecule has 0 saturated heterocycles. The van der Waals surface area contributed by atoms with Gasteiger partial charge in [0.25, 0.3) is 0 Å². The molecule has 0 saturated carbocycles. The lowest BCUT2D eigenvalue weighted by molar-refractivity contribution is -0.143. The third-order valence-electron chi connectivity index (χ3n) is 2.79. The third-order valence-corrected chi connectivity index (χ3v) is 2.79. The SMILES string of the molecule is CCCCOC(=O)CCC(=O)c1ccc(OC)c(F)c1. The van der Waals surface area contributed by atoms with Gasteiger partial charge in [-0.2, -0.15) is 0 Å². The summed E-state index contributed by atoms with van der Waals surface area (Å²) in [5, 5.41) is 0. The number of Topliss-reactive ketones (excluding diaryl/α,β-unsaturated/α-hetero) is 1. The topological polar surface area (TPSA) is 52.6 Å². The second kappa shape index (κ2) is 8.30. The Kier molecular flexibility index (Phi) is 6.70. The number of ketones is 1. The molecule has 1 aromatic rings. The number of ether oxygens (including phenoxy) is 2. The normalized spacial score (nSPS) is 10.2. The zero-order chi connectivity index (χ0) is 15.0. The van der Waals surface area contributed by atoms with E-state index < -0.39 is 11.8 Å². The molecule has 1 rings (SSSR count). The molecule has 110 valence electrons. The van der Waals surface area contributed by atoms with Crippen LogP contribution in [0.2, 0.25) is 0 Å². The Labute approximate surface area is 117 Å². The molecular weight excluding hydrogens is 263 g/mol. The minimum atomic E-state index is -0.594. The summed E-state index contributed by atoms with van der Waals surface area (Å²) in [7, 11) is 1.35. The van der Waals surface area contributed by atoms with E-state index in [9.17, 15) is 14.0 Å². The average Bonchev–Trinajstić information content (AvgIpc) is 2.45. The molecule has 1 aromatic carbocycles. The predicted octanol–water partition coefficient (Wildman–Crippen LogP) is 3.14. The Balaban J connectivity index is 2.46. The fourth-order valence-electron chi connectivity index (χ4n) is 1.60. The van der Waals surface area contributed by atoms with E-state index in [4.69, 9.17) is 9.47 Å². The lowest BCUT2D eigenvalue weighted by Gasteiger charge is -2.05. The summed E-state index contributed by atoms with van der Waals surface area (Å²) in [5.41, 5.74) is 0.227. The maximum absolute atomic E-state index is 13.4. The van der Waals surface area contributed by atoms with E-state index in [1.807, 2.05) is 6.92 Å². The van der Waals surface area contributed by atoms with Crippen LogP contribution in [0.4, 0.5) is 4.39 Å². The smallest absolute Gasteiger partial charge is 0.306 e. The molecule has 0 unspecified atom stereocenters. The van der Waals surface area contributed by atoms with Crippen molar-refractivity contribution in [3.8, 4) is 5.75 Å². The van der Waals surface area contributed by atoms with E-state index in [-0.39, 0.29) is 29.9 Å². The number of hydrogen-bond donors (Lipinski definition) is 0. The summed E-state index contributed by atoms with van der Waals surface area (Å²) >= 11 is 0. The summed E-state index contributed by atoms with van der Waals surface area (Å²) in [5.74, 6) is -1.20. The minimum Gasteiger partial charge on any atom is -0.494 e. The molecule has 0 bridgehead atoms. The van der Waals surface area contributed by atoms with Gasteiger partial charge in [-0.3, -0.25) is 9.59 Å². The van der Waals surface area contributed by atoms with Gasteiger partial charge in [-0.05, 0) is 24.6 Å². The quantitative estimate of drug-likeness (QED) is 0.417. The maximum Gasteiger partial charge on any atom is 0.306 e. The van der Waals surface area contributed by atoms with Crippen LogP contribution in [-0.4, -0.2) is 25.5 Å². The lowest BCUT2D eigenvalue weighted by Crippen LogP contribution is -2.09. The Morgan fingerprint density at radius 1 is 1.25 bits per heavy atom. The van der Waals surface area contributed by atoms with Crippen LogP contribution >= 0.6 is 0 Å². The van der Waals surface area contributed by atoms with Crippen molar-refractivity contribution >= 4 is 11.8 Å². The molecule has 0 heterocycles. The Morgan fingerprint density at radius 2 is 2.00 bits per heavy atom. The zero-order valence-electron chi connectivity index (χ0n) is 11.8. The fraction of sp³-hybridized carbons (Fsp3) is 0.467. The lowest BCUT2D eigenvalue weighted by atomic mass is 10.1. The van der Waals surface area contributed by atoms with Crippen LogP contribution < -0.4 is 4.74 Å². The molecule has 0 aliphatic carbocycles. The molecule has 0 radical (unpaired) electrons. The third kappa shape index (κ3) is 4.99. The van der Waals surface area contributed by atoms with E-state index in [1.54, 1.807) is 0 Å². The van der Waals surface area contributed by atoms with Gasteiger partial charge in [0.05, 0.1) is 20.1 Å². The fourth-order valence-corrected chi connectivity index (χ4v) is 1.60. The highest BCUT2D eigenvalue weighted by atomic mass is 19.1. The number of methoxy groups -OCH3 is 1. The molecule has 20 heavy (non-hydrogen) atoms. The number of halogens is 1. The summed E-state index contributed by atoms with van der Waals surface area (Å²) in [6, 6.07) is 3.98. The highest BCUT2D eigenvalue weighted by Gasteiger charge is 2.12. The van der Waals surface area contributed by atoms with Crippen molar-refractivity contribution in [1.82, 2.24) is 0 Å². The van der Waals surface area contributed by atoms with Crippen molar-refractivity contribution < 1.29 is 23.5 Å². The predicted molar refractivity (Wildman–Crippen MR) is 72.4 cm³/mol. The summed E-state index contributed by atoms with van der Waals surface area (Å²) in [4.78, 5) is 23.2. The van der Waals surface area contributed by atoms with E-state index in [2.05, 4.69) is 0 Å². The van der Waals surface area contributed by atoms with Crippen molar-refractivity contribution in [3.05, 3.63) is 29.6 Å². The maximum atomic E-state index is 13.4. The van der Waals surface area contributed by atoms with Gasteiger partial charge in [0.1, 0.15) is 0 Å². The molecule has 0 aromatic heterocycles. The molecule has 0 spiro atoms. The molecule has 0 N–H and O–H groups in total. The van der Waals surface area contributed by atoms with Crippen LogP contribution in [-0.2, 0) is 9.53 Å². The van der Waals surface area contributed by atoms with Crippen LogP contribution in [0.25, 0.3) is 0 Å². The Hall–Kier alpha value is -1.91. The Morgan fingerprint density at radius 3 is 2.60 bits per heavy atom. The van der Waals surface area contributed by atoms with Gasteiger partial charge >= 0.3 is 5.97 Å². The van der Waals surface area contributed by atoms with Crippen LogP contribution in [0.1, 0.15) is 43.0 Å². The number of rotatable bonds is 8. The van der Waals surface area contributed by atoms with Gasteiger partial charge in [0.2, 0.25) is 0 Å². The number of benzene rings is 1. The first-order chi connectivity index (χ1) is 9.58. The highest BCUT2D eigenvalue weighted by molar-refractivity contribution is 5.97. The summed E-state index contributed by atoms with van der Waals surface area (Å²) < 4.78 is 23.2.